The quantitative estimate of drug-likeness (QED) is 0.0647. The van der Waals surface area contributed by atoms with Crippen LogP contribution >= 0.6 is 15.9 Å². The molecule has 0 fully saturated rings. The van der Waals surface area contributed by atoms with Crippen LogP contribution < -0.4 is 21.1 Å². The highest BCUT2D eigenvalue weighted by Crippen LogP contribution is 2.28. The van der Waals surface area contributed by atoms with Gasteiger partial charge in [0.15, 0.2) is 0 Å². The van der Waals surface area contributed by atoms with E-state index in [1.165, 1.54) is 30.5 Å². The molecule has 0 aliphatic rings. The molecule has 2 aromatic carbocycles. The van der Waals surface area contributed by atoms with E-state index in [4.69, 9.17) is 34.2 Å². The van der Waals surface area contributed by atoms with Crippen molar-refractivity contribution in [1.29, 1.82) is 0 Å². The van der Waals surface area contributed by atoms with Crippen LogP contribution in [0, 0.1) is 5.82 Å². The smallest absolute Gasteiger partial charge is 0.253 e. The van der Waals surface area contributed by atoms with E-state index in [1.54, 1.807) is 12.1 Å². The molecule has 0 saturated carbocycles. The zero-order valence-corrected chi connectivity index (χ0v) is 29.5. The van der Waals surface area contributed by atoms with Crippen molar-refractivity contribution in [3.05, 3.63) is 64.5 Å². The van der Waals surface area contributed by atoms with Crippen molar-refractivity contribution < 1.29 is 50.8 Å². The number of carbonyl (C=O) groups excluding carboxylic acids is 2. The highest BCUT2D eigenvalue weighted by Gasteiger charge is 2.17. The van der Waals surface area contributed by atoms with Gasteiger partial charge in [-0.15, -0.1) is 0 Å². The van der Waals surface area contributed by atoms with Gasteiger partial charge in [0.25, 0.3) is 5.91 Å². The lowest BCUT2D eigenvalue weighted by Gasteiger charge is -2.13. The van der Waals surface area contributed by atoms with E-state index in [1.807, 2.05) is 0 Å². The monoisotopic (exact) mass is 786 g/mol. The summed E-state index contributed by atoms with van der Waals surface area (Å²) in [6.45, 7) is 4.13. The minimum absolute atomic E-state index is 0.0480. The van der Waals surface area contributed by atoms with E-state index in [2.05, 4.69) is 41.3 Å². The highest BCUT2D eigenvalue weighted by molar-refractivity contribution is 9.10. The minimum atomic E-state index is -3.79. The van der Waals surface area contributed by atoms with E-state index in [0.29, 0.717) is 75.9 Å². The largest absolute Gasteiger partial charge is 0.378 e. The van der Waals surface area contributed by atoms with Gasteiger partial charge in [0.1, 0.15) is 24.5 Å². The molecule has 1 amide bonds. The molecule has 1 aromatic heterocycles. The Morgan fingerprint density at radius 1 is 0.820 bits per heavy atom. The van der Waals surface area contributed by atoms with E-state index in [-0.39, 0.29) is 54.3 Å². The third-order valence-electron chi connectivity index (χ3n) is 6.26. The first-order chi connectivity index (χ1) is 24.2. The summed E-state index contributed by atoms with van der Waals surface area (Å²) in [6, 6.07) is 9.96. The molecule has 3 aromatic rings. The standard InChI is InChI=1S/C31H40BrFN6O10S/c32-25-22-35-31(39-30(25)38-27-3-1-2-26(33)28(27)29(34)41)37-23-4-6-24(7-5-23)50(42,43)36-8-10-44-12-14-46-16-18-48-20-21-49-19-17-47-15-13-45-11-9-40/h1-7,9,22,36H,8,10-21H2,(H2,34,41)(H2,35,37,38,39). The molecule has 274 valence electrons. The van der Waals surface area contributed by atoms with Gasteiger partial charge in [-0.2, -0.15) is 4.98 Å². The lowest BCUT2D eigenvalue weighted by atomic mass is 10.1. The van der Waals surface area contributed by atoms with Gasteiger partial charge in [0.05, 0.1) is 93.3 Å². The summed E-state index contributed by atoms with van der Waals surface area (Å²) in [7, 11) is -3.79. The maximum Gasteiger partial charge on any atom is 0.253 e. The van der Waals surface area contributed by atoms with E-state index >= 15 is 0 Å². The third kappa shape index (κ3) is 15.1. The van der Waals surface area contributed by atoms with Gasteiger partial charge in [-0.05, 0) is 52.3 Å². The second-order valence-electron chi connectivity index (χ2n) is 9.89. The molecule has 0 saturated heterocycles. The average molecular weight is 788 g/mol. The Morgan fingerprint density at radius 3 is 1.94 bits per heavy atom. The first-order valence-corrected chi connectivity index (χ1v) is 17.6. The number of halogens is 2. The molecule has 16 nitrogen and oxygen atoms in total. The van der Waals surface area contributed by atoms with E-state index in [0.717, 1.165) is 6.07 Å². The van der Waals surface area contributed by atoms with Gasteiger partial charge in [0.2, 0.25) is 16.0 Å². The predicted molar refractivity (Wildman–Crippen MR) is 184 cm³/mol. The Morgan fingerprint density at radius 2 is 1.38 bits per heavy atom. The summed E-state index contributed by atoms with van der Waals surface area (Å²) >= 11 is 3.32. The fourth-order valence-corrected chi connectivity index (χ4v) is 5.23. The van der Waals surface area contributed by atoms with Crippen LogP contribution in [-0.2, 0) is 43.2 Å². The molecule has 0 bridgehead atoms. The zero-order chi connectivity index (χ0) is 36.0. The molecular weight excluding hydrogens is 747 g/mol. The third-order valence-corrected chi connectivity index (χ3v) is 8.32. The topological polar surface area (TPSA) is 212 Å². The fraction of sp³-hybridized carbons (Fsp3) is 0.419. The Labute approximate surface area is 297 Å². The second kappa shape index (κ2) is 22.9. The van der Waals surface area contributed by atoms with Crippen molar-refractivity contribution in [3.63, 3.8) is 0 Å². The number of primary amides is 1. The molecule has 50 heavy (non-hydrogen) atoms. The molecule has 3 rings (SSSR count). The highest BCUT2D eigenvalue weighted by atomic mass is 79.9. The van der Waals surface area contributed by atoms with Crippen molar-refractivity contribution in [1.82, 2.24) is 14.7 Å². The van der Waals surface area contributed by atoms with Gasteiger partial charge in [-0.1, -0.05) is 6.07 Å². The number of aldehydes is 1. The van der Waals surface area contributed by atoms with Crippen LogP contribution in [0.1, 0.15) is 10.4 Å². The number of hydrogen-bond donors (Lipinski definition) is 4. The van der Waals surface area contributed by atoms with Crippen molar-refractivity contribution in [2.75, 3.05) is 96.5 Å². The van der Waals surface area contributed by atoms with Crippen molar-refractivity contribution in [2.24, 2.45) is 5.73 Å². The first kappa shape index (κ1) is 40.8. The first-order valence-electron chi connectivity index (χ1n) is 15.4. The molecule has 0 atom stereocenters. The number of anilines is 4. The lowest BCUT2D eigenvalue weighted by molar-refractivity contribution is -0.112. The number of benzene rings is 2. The summed E-state index contributed by atoms with van der Waals surface area (Å²) in [5.41, 5.74) is 5.64. The summed E-state index contributed by atoms with van der Waals surface area (Å²) in [4.78, 5) is 30.4. The maximum atomic E-state index is 14.2. The molecule has 0 aliphatic heterocycles. The number of hydrogen-bond acceptors (Lipinski definition) is 14. The van der Waals surface area contributed by atoms with Gasteiger partial charge in [0, 0.05) is 18.4 Å². The zero-order valence-electron chi connectivity index (χ0n) is 27.1. The van der Waals surface area contributed by atoms with Crippen LogP contribution in [0.4, 0.5) is 27.5 Å². The Balaban J connectivity index is 1.27. The van der Waals surface area contributed by atoms with Crippen LogP contribution in [0.3, 0.4) is 0 Å². The molecule has 5 N–H and O–H groups in total. The Hall–Kier alpha value is -3.66. The fourth-order valence-electron chi connectivity index (χ4n) is 3.93. The summed E-state index contributed by atoms with van der Waals surface area (Å²) < 4.78 is 74.3. The van der Waals surface area contributed by atoms with Gasteiger partial charge in [-0.25, -0.2) is 22.5 Å². The predicted octanol–water partition coefficient (Wildman–Crippen LogP) is 2.54. The van der Waals surface area contributed by atoms with Crippen molar-refractivity contribution in [3.8, 4) is 0 Å². The van der Waals surface area contributed by atoms with Crippen LogP contribution in [0.2, 0.25) is 0 Å². The van der Waals surface area contributed by atoms with Gasteiger partial charge >= 0.3 is 0 Å². The van der Waals surface area contributed by atoms with Crippen LogP contribution in [0.5, 0.6) is 0 Å². The number of rotatable bonds is 27. The van der Waals surface area contributed by atoms with Crippen molar-refractivity contribution in [2.45, 2.75) is 4.90 Å². The van der Waals surface area contributed by atoms with Gasteiger partial charge in [-0.3, -0.25) is 4.79 Å². The SMILES string of the molecule is NC(=O)c1c(F)cccc1Nc1nc(Nc2ccc(S(=O)(=O)NCCOCCOCCOCCOCCOCCOCC=O)cc2)ncc1Br. The molecule has 0 radical (unpaired) electrons. The van der Waals surface area contributed by atoms with E-state index in [9.17, 15) is 22.4 Å². The number of aromatic nitrogens is 2. The Kier molecular flexibility index (Phi) is 18.7. The van der Waals surface area contributed by atoms with Crippen molar-refractivity contribution >= 4 is 61.3 Å². The number of nitrogens with one attached hydrogen (secondary N) is 3. The number of nitrogens with zero attached hydrogens (tertiary/aromatic N) is 2. The molecule has 0 unspecified atom stereocenters. The number of carbonyl (C=O) groups is 2. The van der Waals surface area contributed by atoms with Gasteiger partial charge < -0.3 is 49.6 Å². The lowest BCUT2D eigenvalue weighted by Crippen LogP contribution is -2.27. The number of amides is 1. The minimum Gasteiger partial charge on any atom is -0.378 e. The molecule has 0 aliphatic carbocycles. The number of ether oxygens (including phenoxy) is 6. The normalized spacial score (nSPS) is 11.4. The molecule has 0 spiro atoms. The summed E-state index contributed by atoms with van der Waals surface area (Å²) in [6.07, 6.45) is 2.14. The van der Waals surface area contributed by atoms with E-state index < -0.39 is 21.7 Å². The molecule has 19 heteroatoms. The van der Waals surface area contributed by atoms with Crippen LogP contribution in [0.25, 0.3) is 0 Å². The number of sulfonamides is 1. The number of nitrogens with two attached hydrogens (primary N) is 1. The molecule has 1 heterocycles. The average Bonchev–Trinajstić information content (AvgIpc) is 3.09. The molecular formula is C31H40BrFN6O10S. The Bertz CT molecular complexity index is 1590. The second-order valence-corrected chi connectivity index (χ2v) is 12.5. The summed E-state index contributed by atoms with van der Waals surface area (Å²) in [5, 5.41) is 5.84. The summed E-state index contributed by atoms with van der Waals surface area (Å²) in [5.74, 6) is -1.34. The maximum absolute atomic E-state index is 14.2. The van der Waals surface area contributed by atoms with Crippen LogP contribution in [-0.4, -0.2) is 116 Å². The van der Waals surface area contributed by atoms with Crippen LogP contribution in [0.15, 0.2) is 58.0 Å².